The first-order valence-electron chi connectivity index (χ1n) is 8.14. The number of carbonyl (C=O) groups excluding carboxylic acids is 1. The number of urea groups is 1. The SMILES string of the molecule is COc1cccc(NC(=O)N2CCN(CCn3cccn3)CC2)c1. The van der Waals surface area contributed by atoms with Crippen molar-refractivity contribution in [2.24, 2.45) is 0 Å². The zero-order chi connectivity index (χ0) is 16.8. The topological polar surface area (TPSA) is 62.6 Å². The summed E-state index contributed by atoms with van der Waals surface area (Å²) in [6.07, 6.45) is 3.76. The summed E-state index contributed by atoms with van der Waals surface area (Å²) in [4.78, 5) is 16.6. The summed E-state index contributed by atoms with van der Waals surface area (Å²) in [5, 5.41) is 7.14. The number of ether oxygens (including phenoxy) is 1. The zero-order valence-corrected chi connectivity index (χ0v) is 13.9. The van der Waals surface area contributed by atoms with E-state index in [9.17, 15) is 4.79 Å². The second kappa shape index (κ2) is 7.83. The van der Waals surface area contributed by atoms with Crippen molar-refractivity contribution in [2.75, 3.05) is 45.2 Å². The van der Waals surface area contributed by atoms with E-state index in [-0.39, 0.29) is 6.03 Å². The molecule has 3 rings (SSSR count). The molecule has 1 saturated heterocycles. The van der Waals surface area contributed by atoms with E-state index < -0.39 is 0 Å². The predicted molar refractivity (Wildman–Crippen MR) is 92.3 cm³/mol. The van der Waals surface area contributed by atoms with Gasteiger partial charge < -0.3 is 15.0 Å². The molecule has 1 aliphatic rings. The summed E-state index contributed by atoms with van der Waals surface area (Å²) in [6.45, 7) is 5.06. The number of carbonyl (C=O) groups is 1. The van der Waals surface area contributed by atoms with Crippen LogP contribution in [0.15, 0.2) is 42.7 Å². The van der Waals surface area contributed by atoms with Crippen LogP contribution in [0.2, 0.25) is 0 Å². The molecule has 1 aliphatic heterocycles. The molecule has 0 bridgehead atoms. The number of aromatic nitrogens is 2. The first-order valence-corrected chi connectivity index (χ1v) is 8.14. The third-order valence-electron chi connectivity index (χ3n) is 4.19. The Labute approximate surface area is 141 Å². The molecule has 0 atom stereocenters. The third-order valence-corrected chi connectivity index (χ3v) is 4.19. The molecule has 2 aromatic rings. The highest BCUT2D eigenvalue weighted by Crippen LogP contribution is 2.17. The molecule has 2 amide bonds. The van der Waals surface area contributed by atoms with Gasteiger partial charge in [0.1, 0.15) is 5.75 Å². The second-order valence-electron chi connectivity index (χ2n) is 5.76. The maximum absolute atomic E-state index is 12.4. The Balaban J connectivity index is 1.44. The number of hydrogen-bond acceptors (Lipinski definition) is 4. The van der Waals surface area contributed by atoms with Gasteiger partial charge in [-0.25, -0.2) is 4.79 Å². The average molecular weight is 329 g/mol. The summed E-state index contributed by atoms with van der Waals surface area (Å²) >= 11 is 0. The van der Waals surface area contributed by atoms with Gasteiger partial charge in [-0.1, -0.05) is 6.07 Å². The Kier molecular flexibility index (Phi) is 5.32. The van der Waals surface area contributed by atoms with Crippen LogP contribution in [-0.2, 0) is 6.54 Å². The molecule has 0 saturated carbocycles. The Hall–Kier alpha value is -2.54. The highest BCUT2D eigenvalue weighted by atomic mass is 16.5. The van der Waals surface area contributed by atoms with Gasteiger partial charge >= 0.3 is 6.03 Å². The van der Waals surface area contributed by atoms with Crippen LogP contribution in [0.25, 0.3) is 0 Å². The van der Waals surface area contributed by atoms with E-state index >= 15 is 0 Å². The van der Waals surface area contributed by atoms with Crippen LogP contribution in [0.1, 0.15) is 0 Å². The van der Waals surface area contributed by atoms with E-state index in [4.69, 9.17) is 4.74 Å². The van der Waals surface area contributed by atoms with Crippen molar-refractivity contribution in [1.82, 2.24) is 19.6 Å². The molecule has 128 valence electrons. The summed E-state index contributed by atoms with van der Waals surface area (Å²) in [5.41, 5.74) is 0.750. The van der Waals surface area contributed by atoms with Crippen LogP contribution < -0.4 is 10.1 Å². The van der Waals surface area contributed by atoms with Gasteiger partial charge in [-0.15, -0.1) is 0 Å². The Morgan fingerprint density at radius 1 is 1.21 bits per heavy atom. The molecule has 24 heavy (non-hydrogen) atoms. The van der Waals surface area contributed by atoms with E-state index in [0.717, 1.165) is 50.7 Å². The molecular weight excluding hydrogens is 306 g/mol. The van der Waals surface area contributed by atoms with Crippen LogP contribution in [0.4, 0.5) is 10.5 Å². The number of nitrogens with one attached hydrogen (secondary N) is 1. The van der Waals surface area contributed by atoms with Crippen LogP contribution >= 0.6 is 0 Å². The Morgan fingerprint density at radius 3 is 2.75 bits per heavy atom. The fourth-order valence-corrected chi connectivity index (χ4v) is 2.75. The fraction of sp³-hybridized carbons (Fsp3) is 0.412. The quantitative estimate of drug-likeness (QED) is 0.908. The standard InChI is InChI=1S/C17H23N5O2/c1-24-16-5-2-4-15(14-16)19-17(23)21-11-8-20(9-12-21)10-13-22-7-3-6-18-22/h2-7,14H,8-13H2,1H3,(H,19,23). The minimum Gasteiger partial charge on any atom is -0.497 e. The molecule has 2 heterocycles. The van der Waals surface area contributed by atoms with Crippen molar-refractivity contribution < 1.29 is 9.53 Å². The highest BCUT2D eigenvalue weighted by Gasteiger charge is 2.21. The monoisotopic (exact) mass is 329 g/mol. The number of anilines is 1. The highest BCUT2D eigenvalue weighted by molar-refractivity contribution is 5.89. The minimum atomic E-state index is -0.0602. The number of nitrogens with zero attached hydrogens (tertiary/aromatic N) is 4. The lowest BCUT2D eigenvalue weighted by Gasteiger charge is -2.34. The number of piperazine rings is 1. The average Bonchev–Trinajstić information content (AvgIpc) is 3.14. The number of methoxy groups -OCH3 is 1. The van der Waals surface area contributed by atoms with E-state index in [0.29, 0.717) is 0 Å². The van der Waals surface area contributed by atoms with Crippen LogP contribution in [0.5, 0.6) is 5.75 Å². The van der Waals surface area contributed by atoms with E-state index in [2.05, 4.69) is 15.3 Å². The van der Waals surface area contributed by atoms with Crippen LogP contribution in [-0.4, -0.2) is 65.4 Å². The molecule has 1 fully saturated rings. The summed E-state index contributed by atoms with van der Waals surface area (Å²) in [7, 11) is 1.61. The number of amides is 2. The third kappa shape index (κ3) is 4.26. The molecule has 1 N–H and O–H groups in total. The molecule has 7 nitrogen and oxygen atoms in total. The fourth-order valence-electron chi connectivity index (χ4n) is 2.75. The van der Waals surface area contributed by atoms with Gasteiger partial charge in [-0.3, -0.25) is 9.58 Å². The van der Waals surface area contributed by atoms with Crippen molar-refractivity contribution in [3.05, 3.63) is 42.7 Å². The number of benzene rings is 1. The van der Waals surface area contributed by atoms with E-state index in [1.165, 1.54) is 0 Å². The lowest BCUT2D eigenvalue weighted by atomic mass is 10.3. The van der Waals surface area contributed by atoms with Gasteiger partial charge in [-0.05, 0) is 18.2 Å². The normalized spacial score (nSPS) is 15.3. The largest absolute Gasteiger partial charge is 0.497 e. The lowest BCUT2D eigenvalue weighted by Crippen LogP contribution is -2.50. The molecule has 0 unspecified atom stereocenters. The Bertz CT molecular complexity index is 651. The van der Waals surface area contributed by atoms with Crippen molar-refractivity contribution in [3.63, 3.8) is 0 Å². The van der Waals surface area contributed by atoms with Crippen molar-refractivity contribution in [2.45, 2.75) is 6.54 Å². The first-order chi connectivity index (χ1) is 11.7. The summed E-state index contributed by atoms with van der Waals surface area (Å²) in [6, 6.07) is 9.27. The number of rotatable bonds is 5. The van der Waals surface area contributed by atoms with Gasteiger partial charge in [0.2, 0.25) is 0 Å². The van der Waals surface area contributed by atoms with Gasteiger partial charge in [0.15, 0.2) is 0 Å². The van der Waals surface area contributed by atoms with Gasteiger partial charge in [0.05, 0.1) is 13.7 Å². The minimum absolute atomic E-state index is 0.0602. The lowest BCUT2D eigenvalue weighted by molar-refractivity contribution is 0.143. The van der Waals surface area contributed by atoms with Gasteiger partial charge in [-0.2, -0.15) is 5.10 Å². The van der Waals surface area contributed by atoms with Crippen LogP contribution in [0.3, 0.4) is 0 Å². The first kappa shape index (κ1) is 16.3. The maximum Gasteiger partial charge on any atom is 0.321 e. The predicted octanol–water partition coefficient (Wildman–Crippen LogP) is 1.74. The van der Waals surface area contributed by atoms with E-state index in [1.807, 2.05) is 46.1 Å². The molecule has 7 heteroatoms. The smallest absolute Gasteiger partial charge is 0.321 e. The molecule has 1 aromatic carbocycles. The zero-order valence-electron chi connectivity index (χ0n) is 13.9. The van der Waals surface area contributed by atoms with Gasteiger partial charge in [0, 0.05) is 56.9 Å². The summed E-state index contributed by atoms with van der Waals surface area (Å²) in [5.74, 6) is 0.733. The van der Waals surface area contributed by atoms with Crippen LogP contribution in [0, 0.1) is 0 Å². The van der Waals surface area contributed by atoms with Crippen molar-refractivity contribution >= 4 is 11.7 Å². The maximum atomic E-state index is 12.4. The molecule has 1 aromatic heterocycles. The van der Waals surface area contributed by atoms with E-state index in [1.54, 1.807) is 13.3 Å². The molecule has 0 aliphatic carbocycles. The number of hydrogen-bond donors (Lipinski definition) is 1. The van der Waals surface area contributed by atoms with Crippen molar-refractivity contribution in [3.8, 4) is 5.75 Å². The molecular formula is C17H23N5O2. The molecule has 0 spiro atoms. The van der Waals surface area contributed by atoms with Crippen molar-refractivity contribution in [1.29, 1.82) is 0 Å². The molecule has 0 radical (unpaired) electrons. The summed E-state index contributed by atoms with van der Waals surface area (Å²) < 4.78 is 7.11. The van der Waals surface area contributed by atoms with Gasteiger partial charge in [0.25, 0.3) is 0 Å². The Morgan fingerprint density at radius 2 is 2.04 bits per heavy atom. The second-order valence-corrected chi connectivity index (χ2v) is 5.76.